The minimum absolute atomic E-state index is 0.796. The van der Waals surface area contributed by atoms with Crippen LogP contribution < -0.4 is 4.74 Å². The van der Waals surface area contributed by atoms with Crippen LogP contribution in [-0.2, 0) is 6.54 Å². The van der Waals surface area contributed by atoms with E-state index in [1.807, 2.05) is 10.9 Å². The van der Waals surface area contributed by atoms with E-state index in [4.69, 9.17) is 4.74 Å². The van der Waals surface area contributed by atoms with Crippen molar-refractivity contribution in [1.29, 1.82) is 0 Å². The molecule has 82 valence electrons. The summed E-state index contributed by atoms with van der Waals surface area (Å²) in [4.78, 5) is 0. The summed E-state index contributed by atoms with van der Waals surface area (Å²) in [6, 6.07) is 8.46. The molecule has 1 aliphatic rings. The maximum absolute atomic E-state index is 5.68. The summed E-state index contributed by atoms with van der Waals surface area (Å²) in [5.41, 5.74) is 3.54. The van der Waals surface area contributed by atoms with Gasteiger partial charge in [-0.3, -0.25) is 0 Å². The van der Waals surface area contributed by atoms with E-state index in [2.05, 4.69) is 36.3 Å². The molecule has 0 aliphatic carbocycles. The Labute approximate surface area is 94.7 Å². The highest BCUT2D eigenvalue weighted by molar-refractivity contribution is 5.68. The van der Waals surface area contributed by atoms with Crippen molar-refractivity contribution in [1.82, 2.24) is 9.78 Å². The zero-order valence-corrected chi connectivity index (χ0v) is 9.31. The smallest absolute Gasteiger partial charge is 0.219 e. The summed E-state index contributed by atoms with van der Waals surface area (Å²) < 4.78 is 7.62. The molecule has 0 spiro atoms. The van der Waals surface area contributed by atoms with Crippen LogP contribution in [0.1, 0.15) is 12.0 Å². The van der Waals surface area contributed by atoms with Crippen LogP contribution in [0.5, 0.6) is 5.88 Å². The molecule has 0 atom stereocenters. The van der Waals surface area contributed by atoms with E-state index in [1.54, 1.807) is 0 Å². The molecule has 0 N–H and O–H groups in total. The number of hydrogen-bond donors (Lipinski definition) is 0. The van der Waals surface area contributed by atoms with E-state index in [1.165, 1.54) is 11.1 Å². The molecule has 0 saturated carbocycles. The first-order valence-electron chi connectivity index (χ1n) is 5.60. The van der Waals surface area contributed by atoms with Gasteiger partial charge in [0.1, 0.15) is 0 Å². The van der Waals surface area contributed by atoms with Gasteiger partial charge in [-0.05, 0) is 12.5 Å². The van der Waals surface area contributed by atoms with Crippen molar-refractivity contribution in [2.75, 3.05) is 6.61 Å². The predicted octanol–water partition coefficient (Wildman–Crippen LogP) is 2.64. The molecular weight excluding hydrogens is 200 g/mol. The normalized spacial score (nSPS) is 14.3. The molecule has 1 aromatic heterocycles. The molecule has 0 bridgehead atoms. The fourth-order valence-electron chi connectivity index (χ4n) is 2.00. The third-order valence-corrected chi connectivity index (χ3v) is 2.91. The van der Waals surface area contributed by atoms with Crippen molar-refractivity contribution < 1.29 is 4.74 Å². The minimum Gasteiger partial charge on any atom is -0.477 e. The Hall–Kier alpha value is -1.77. The molecule has 1 aliphatic heterocycles. The van der Waals surface area contributed by atoms with Crippen LogP contribution in [0.2, 0.25) is 0 Å². The van der Waals surface area contributed by atoms with Crippen LogP contribution in [0.3, 0.4) is 0 Å². The molecule has 2 aromatic rings. The summed E-state index contributed by atoms with van der Waals surface area (Å²) in [6.07, 6.45) is 2.94. The number of ether oxygens (including phenoxy) is 1. The predicted molar refractivity (Wildman–Crippen MR) is 62.5 cm³/mol. The maximum atomic E-state index is 5.68. The zero-order chi connectivity index (χ0) is 11.0. The molecule has 0 radical (unpaired) electrons. The Balaban J connectivity index is 2.06. The molecule has 3 nitrogen and oxygen atoms in total. The summed E-state index contributed by atoms with van der Waals surface area (Å²) in [5.74, 6) is 0.912. The lowest BCUT2D eigenvalue weighted by molar-refractivity contribution is 0.231. The third-order valence-electron chi connectivity index (χ3n) is 2.91. The fraction of sp³-hybridized carbons (Fsp3) is 0.308. The molecule has 0 fully saturated rings. The number of nitrogens with zero attached hydrogens (tertiary/aromatic N) is 2. The minimum atomic E-state index is 0.796. The van der Waals surface area contributed by atoms with Gasteiger partial charge < -0.3 is 4.74 Å². The van der Waals surface area contributed by atoms with Gasteiger partial charge in [-0.15, -0.1) is 0 Å². The molecule has 1 aromatic carbocycles. The van der Waals surface area contributed by atoms with Crippen molar-refractivity contribution in [3.8, 4) is 17.0 Å². The van der Waals surface area contributed by atoms with Crippen LogP contribution in [0, 0.1) is 6.92 Å². The van der Waals surface area contributed by atoms with Gasteiger partial charge in [-0.1, -0.05) is 29.8 Å². The van der Waals surface area contributed by atoms with E-state index >= 15 is 0 Å². The summed E-state index contributed by atoms with van der Waals surface area (Å²) in [7, 11) is 0. The Morgan fingerprint density at radius 2 is 2.06 bits per heavy atom. The molecule has 16 heavy (non-hydrogen) atoms. The second-order valence-electron chi connectivity index (χ2n) is 4.15. The average molecular weight is 214 g/mol. The standard InChI is InChI=1S/C13H14N2O/c1-10-3-5-11(6-4-10)12-9-14-15-7-2-8-16-13(12)15/h3-6,9H,2,7-8H2,1H3. The molecule has 3 heteroatoms. The first-order valence-corrected chi connectivity index (χ1v) is 5.60. The second kappa shape index (κ2) is 3.67. The first kappa shape index (κ1) is 9.46. The SMILES string of the molecule is Cc1ccc(-c2cnn3c2OCCC3)cc1. The van der Waals surface area contributed by atoms with E-state index in [0.717, 1.165) is 31.0 Å². The number of rotatable bonds is 1. The zero-order valence-electron chi connectivity index (χ0n) is 9.31. The third kappa shape index (κ3) is 1.48. The Bertz CT molecular complexity index is 499. The number of hydrogen-bond acceptors (Lipinski definition) is 2. The lowest BCUT2D eigenvalue weighted by Crippen LogP contribution is -2.14. The lowest BCUT2D eigenvalue weighted by atomic mass is 10.1. The van der Waals surface area contributed by atoms with Gasteiger partial charge in [0.15, 0.2) is 0 Å². The van der Waals surface area contributed by atoms with Gasteiger partial charge in [0.25, 0.3) is 0 Å². The van der Waals surface area contributed by atoms with Gasteiger partial charge in [-0.2, -0.15) is 5.10 Å². The number of aryl methyl sites for hydroxylation is 2. The van der Waals surface area contributed by atoms with Crippen LogP contribution in [0.4, 0.5) is 0 Å². The van der Waals surface area contributed by atoms with Gasteiger partial charge in [0, 0.05) is 13.0 Å². The van der Waals surface area contributed by atoms with Crippen LogP contribution in [-0.4, -0.2) is 16.4 Å². The monoisotopic (exact) mass is 214 g/mol. The van der Waals surface area contributed by atoms with E-state index in [9.17, 15) is 0 Å². The number of fused-ring (bicyclic) bond motifs is 1. The highest BCUT2D eigenvalue weighted by Crippen LogP contribution is 2.31. The Morgan fingerprint density at radius 3 is 2.88 bits per heavy atom. The van der Waals surface area contributed by atoms with Gasteiger partial charge in [0.2, 0.25) is 5.88 Å². The highest BCUT2D eigenvalue weighted by atomic mass is 16.5. The molecular formula is C13H14N2O. The Kier molecular flexibility index (Phi) is 2.17. The van der Waals surface area contributed by atoms with Crippen LogP contribution in [0.15, 0.2) is 30.5 Å². The molecule has 0 saturated heterocycles. The van der Waals surface area contributed by atoms with E-state index in [0.29, 0.717) is 0 Å². The van der Waals surface area contributed by atoms with Crippen molar-refractivity contribution in [3.05, 3.63) is 36.0 Å². The van der Waals surface area contributed by atoms with Gasteiger partial charge >= 0.3 is 0 Å². The van der Waals surface area contributed by atoms with Crippen molar-refractivity contribution in [3.63, 3.8) is 0 Å². The van der Waals surface area contributed by atoms with Gasteiger partial charge in [0.05, 0.1) is 18.4 Å². The first-order chi connectivity index (χ1) is 7.84. The van der Waals surface area contributed by atoms with Crippen LogP contribution in [0.25, 0.3) is 11.1 Å². The molecule has 0 amide bonds. The second-order valence-corrected chi connectivity index (χ2v) is 4.15. The summed E-state index contributed by atoms with van der Waals surface area (Å²) in [5, 5.41) is 4.35. The number of aromatic nitrogens is 2. The molecule has 0 unspecified atom stereocenters. The summed E-state index contributed by atoms with van der Waals surface area (Å²) in [6.45, 7) is 3.85. The van der Waals surface area contributed by atoms with Gasteiger partial charge in [-0.25, -0.2) is 4.68 Å². The van der Waals surface area contributed by atoms with Crippen molar-refractivity contribution in [2.24, 2.45) is 0 Å². The fourth-order valence-corrected chi connectivity index (χ4v) is 2.00. The van der Waals surface area contributed by atoms with Crippen molar-refractivity contribution in [2.45, 2.75) is 19.9 Å². The lowest BCUT2D eigenvalue weighted by Gasteiger charge is -2.16. The topological polar surface area (TPSA) is 27.1 Å². The quantitative estimate of drug-likeness (QED) is 0.729. The largest absolute Gasteiger partial charge is 0.477 e. The molecule has 3 rings (SSSR count). The number of benzene rings is 1. The van der Waals surface area contributed by atoms with E-state index < -0.39 is 0 Å². The van der Waals surface area contributed by atoms with E-state index in [-0.39, 0.29) is 0 Å². The van der Waals surface area contributed by atoms with Crippen LogP contribution >= 0.6 is 0 Å². The highest BCUT2D eigenvalue weighted by Gasteiger charge is 2.16. The Morgan fingerprint density at radius 1 is 1.25 bits per heavy atom. The van der Waals surface area contributed by atoms with Crippen molar-refractivity contribution >= 4 is 0 Å². The maximum Gasteiger partial charge on any atom is 0.219 e. The summed E-state index contributed by atoms with van der Waals surface area (Å²) >= 11 is 0. The molecule has 2 heterocycles. The average Bonchev–Trinajstić information content (AvgIpc) is 2.74.